The standard InChI is InChI=1S/C21H31N3O2/c1-3-17(4-2)21(26)23-15-13-22(14-16-23)11-10-20(25)24-12-9-18-7-5-6-8-19(18)24/h5-8,17H,3-4,9-16H2,1-2H3. The molecule has 0 saturated carbocycles. The van der Waals surface area contributed by atoms with Gasteiger partial charge in [-0.15, -0.1) is 0 Å². The summed E-state index contributed by atoms with van der Waals surface area (Å²) in [6, 6.07) is 8.19. The van der Waals surface area contributed by atoms with Gasteiger partial charge in [-0.05, 0) is 30.9 Å². The highest BCUT2D eigenvalue weighted by molar-refractivity contribution is 5.95. The van der Waals surface area contributed by atoms with Gasteiger partial charge in [0.15, 0.2) is 0 Å². The number of anilines is 1. The third-order valence-electron chi connectivity index (χ3n) is 5.85. The van der Waals surface area contributed by atoms with Crippen LogP contribution in [0.25, 0.3) is 0 Å². The van der Waals surface area contributed by atoms with E-state index in [-0.39, 0.29) is 11.8 Å². The fraction of sp³-hybridized carbons (Fsp3) is 0.619. The van der Waals surface area contributed by atoms with Crippen LogP contribution in [0.3, 0.4) is 0 Å². The van der Waals surface area contributed by atoms with Crippen molar-refractivity contribution in [3.63, 3.8) is 0 Å². The van der Waals surface area contributed by atoms with Crippen molar-refractivity contribution in [1.29, 1.82) is 0 Å². The summed E-state index contributed by atoms with van der Waals surface area (Å²) < 4.78 is 0. The highest BCUT2D eigenvalue weighted by Crippen LogP contribution is 2.27. The quantitative estimate of drug-likeness (QED) is 0.786. The molecule has 1 aromatic rings. The summed E-state index contributed by atoms with van der Waals surface area (Å²) >= 11 is 0. The summed E-state index contributed by atoms with van der Waals surface area (Å²) in [5.74, 6) is 0.684. The molecule has 142 valence electrons. The Kier molecular flexibility index (Phi) is 6.30. The van der Waals surface area contributed by atoms with E-state index < -0.39 is 0 Å². The van der Waals surface area contributed by atoms with Gasteiger partial charge >= 0.3 is 0 Å². The van der Waals surface area contributed by atoms with Gasteiger partial charge in [0.2, 0.25) is 11.8 Å². The molecule has 0 aliphatic carbocycles. The molecule has 1 saturated heterocycles. The molecule has 2 heterocycles. The van der Waals surface area contributed by atoms with Crippen molar-refractivity contribution in [3.8, 4) is 0 Å². The van der Waals surface area contributed by atoms with E-state index in [4.69, 9.17) is 0 Å². The van der Waals surface area contributed by atoms with E-state index in [1.165, 1.54) is 5.56 Å². The van der Waals surface area contributed by atoms with E-state index in [9.17, 15) is 9.59 Å². The molecule has 0 unspecified atom stereocenters. The van der Waals surface area contributed by atoms with Crippen molar-refractivity contribution in [2.24, 2.45) is 5.92 Å². The molecule has 26 heavy (non-hydrogen) atoms. The van der Waals surface area contributed by atoms with Crippen LogP contribution < -0.4 is 4.90 Å². The molecule has 0 bridgehead atoms. The lowest BCUT2D eigenvalue weighted by Crippen LogP contribution is -2.50. The molecule has 0 radical (unpaired) electrons. The van der Waals surface area contributed by atoms with E-state index in [1.807, 2.05) is 28.0 Å². The second kappa shape index (κ2) is 8.67. The SMILES string of the molecule is CCC(CC)C(=O)N1CCN(CCC(=O)N2CCc3ccccc32)CC1. The summed E-state index contributed by atoms with van der Waals surface area (Å²) in [7, 11) is 0. The molecule has 0 N–H and O–H groups in total. The number of hydrogen-bond acceptors (Lipinski definition) is 3. The van der Waals surface area contributed by atoms with Gasteiger partial charge in [-0.3, -0.25) is 14.5 Å². The Morgan fingerprint density at radius 1 is 1.00 bits per heavy atom. The van der Waals surface area contributed by atoms with Crippen LogP contribution >= 0.6 is 0 Å². The molecule has 5 nitrogen and oxygen atoms in total. The number of rotatable bonds is 6. The average Bonchev–Trinajstić information content (AvgIpc) is 3.11. The zero-order valence-corrected chi connectivity index (χ0v) is 16.1. The third kappa shape index (κ3) is 4.09. The van der Waals surface area contributed by atoms with Crippen LogP contribution in [-0.2, 0) is 16.0 Å². The topological polar surface area (TPSA) is 43.9 Å². The fourth-order valence-electron chi connectivity index (χ4n) is 4.07. The van der Waals surface area contributed by atoms with Gasteiger partial charge in [0.25, 0.3) is 0 Å². The lowest BCUT2D eigenvalue weighted by Gasteiger charge is -2.36. The minimum atomic E-state index is 0.165. The zero-order chi connectivity index (χ0) is 18.5. The molecule has 0 aromatic heterocycles. The number of carbonyl (C=O) groups is 2. The predicted molar refractivity (Wildman–Crippen MR) is 104 cm³/mol. The molecular weight excluding hydrogens is 326 g/mol. The molecule has 0 atom stereocenters. The Morgan fingerprint density at radius 3 is 2.38 bits per heavy atom. The van der Waals surface area contributed by atoms with Crippen molar-refractivity contribution in [1.82, 2.24) is 9.80 Å². The van der Waals surface area contributed by atoms with Crippen molar-refractivity contribution >= 4 is 17.5 Å². The maximum absolute atomic E-state index is 12.6. The first kappa shape index (κ1) is 18.9. The molecule has 2 aliphatic heterocycles. The maximum atomic E-state index is 12.6. The average molecular weight is 357 g/mol. The first-order valence-electron chi connectivity index (χ1n) is 10.0. The number of benzene rings is 1. The summed E-state index contributed by atoms with van der Waals surface area (Å²) in [4.78, 5) is 31.4. The third-order valence-corrected chi connectivity index (χ3v) is 5.85. The first-order valence-corrected chi connectivity index (χ1v) is 10.0. The minimum Gasteiger partial charge on any atom is -0.340 e. The number of piperazine rings is 1. The highest BCUT2D eigenvalue weighted by Gasteiger charge is 2.27. The number of amides is 2. The van der Waals surface area contributed by atoms with Gasteiger partial charge in [-0.1, -0.05) is 32.0 Å². The minimum absolute atomic E-state index is 0.165. The molecule has 0 spiro atoms. The van der Waals surface area contributed by atoms with Crippen molar-refractivity contribution in [2.75, 3.05) is 44.2 Å². The Morgan fingerprint density at radius 2 is 1.69 bits per heavy atom. The van der Waals surface area contributed by atoms with Crippen LogP contribution in [0.15, 0.2) is 24.3 Å². The Bertz CT molecular complexity index is 634. The van der Waals surface area contributed by atoms with Crippen LogP contribution in [0.4, 0.5) is 5.69 Å². The van der Waals surface area contributed by atoms with Crippen LogP contribution in [0, 0.1) is 5.92 Å². The number of hydrogen-bond donors (Lipinski definition) is 0. The van der Waals surface area contributed by atoms with Crippen LogP contribution in [-0.4, -0.2) is 60.9 Å². The summed E-state index contributed by atoms with van der Waals surface area (Å²) in [6.07, 6.45) is 3.34. The van der Waals surface area contributed by atoms with Gasteiger partial charge in [-0.2, -0.15) is 0 Å². The molecule has 2 amide bonds. The first-order chi connectivity index (χ1) is 12.6. The maximum Gasteiger partial charge on any atom is 0.228 e. The monoisotopic (exact) mass is 357 g/mol. The second-order valence-electron chi connectivity index (χ2n) is 7.35. The number of carbonyl (C=O) groups excluding carboxylic acids is 2. The van der Waals surface area contributed by atoms with E-state index in [2.05, 4.69) is 24.8 Å². The second-order valence-corrected chi connectivity index (χ2v) is 7.35. The lowest BCUT2D eigenvalue weighted by molar-refractivity contribution is -0.137. The Labute approximate surface area is 156 Å². The zero-order valence-electron chi connectivity index (χ0n) is 16.1. The Balaban J connectivity index is 1.44. The van der Waals surface area contributed by atoms with E-state index in [0.29, 0.717) is 12.3 Å². The molecule has 5 heteroatoms. The van der Waals surface area contributed by atoms with Crippen LogP contribution in [0.2, 0.25) is 0 Å². The van der Waals surface area contributed by atoms with Crippen molar-refractivity contribution in [2.45, 2.75) is 39.5 Å². The van der Waals surface area contributed by atoms with E-state index in [0.717, 1.165) is 64.2 Å². The molecule has 1 aromatic carbocycles. The normalized spacial score (nSPS) is 17.7. The van der Waals surface area contributed by atoms with Gasteiger partial charge in [-0.25, -0.2) is 0 Å². The van der Waals surface area contributed by atoms with Crippen LogP contribution in [0.1, 0.15) is 38.7 Å². The van der Waals surface area contributed by atoms with E-state index >= 15 is 0 Å². The fourth-order valence-corrected chi connectivity index (χ4v) is 4.07. The molecule has 2 aliphatic rings. The van der Waals surface area contributed by atoms with Gasteiger partial charge in [0.05, 0.1) is 0 Å². The van der Waals surface area contributed by atoms with Gasteiger partial charge < -0.3 is 9.80 Å². The number of nitrogens with zero attached hydrogens (tertiary/aromatic N) is 3. The molecular formula is C21H31N3O2. The molecule has 1 fully saturated rings. The van der Waals surface area contributed by atoms with Gasteiger partial charge in [0.1, 0.15) is 0 Å². The number of para-hydroxylation sites is 1. The van der Waals surface area contributed by atoms with Crippen molar-refractivity contribution in [3.05, 3.63) is 29.8 Å². The van der Waals surface area contributed by atoms with Crippen LogP contribution in [0.5, 0.6) is 0 Å². The predicted octanol–water partition coefficient (Wildman–Crippen LogP) is 2.55. The number of fused-ring (bicyclic) bond motifs is 1. The lowest BCUT2D eigenvalue weighted by atomic mass is 10.0. The van der Waals surface area contributed by atoms with Gasteiger partial charge in [0, 0.05) is 57.3 Å². The van der Waals surface area contributed by atoms with Crippen molar-refractivity contribution < 1.29 is 9.59 Å². The summed E-state index contributed by atoms with van der Waals surface area (Å²) in [5, 5.41) is 0. The summed E-state index contributed by atoms with van der Waals surface area (Å²) in [6.45, 7) is 9.08. The summed E-state index contributed by atoms with van der Waals surface area (Å²) in [5.41, 5.74) is 2.35. The van der Waals surface area contributed by atoms with E-state index in [1.54, 1.807) is 0 Å². The molecule has 3 rings (SSSR count). The Hall–Kier alpha value is -1.88. The largest absolute Gasteiger partial charge is 0.340 e. The smallest absolute Gasteiger partial charge is 0.228 e. The highest BCUT2D eigenvalue weighted by atomic mass is 16.2.